The molecule has 0 radical (unpaired) electrons. The van der Waals surface area contributed by atoms with Crippen LogP contribution in [0, 0.1) is 0 Å². The minimum Gasteiger partial charge on any atom is -0.468 e. The van der Waals surface area contributed by atoms with E-state index in [4.69, 9.17) is 9.15 Å². The SMILES string of the molecule is CCOC(=O)CNC(=O)CN1C(=O)C[C@@H](c2ccco2)Sc2ccccc21. The van der Waals surface area contributed by atoms with Gasteiger partial charge in [-0.25, -0.2) is 0 Å². The average Bonchev–Trinajstić information content (AvgIpc) is 3.15. The van der Waals surface area contributed by atoms with Gasteiger partial charge >= 0.3 is 5.97 Å². The molecular formula is C19H20N2O5S. The Bertz CT molecular complexity index is 821. The minimum absolute atomic E-state index is 0.166. The first-order chi connectivity index (χ1) is 13.1. The van der Waals surface area contributed by atoms with Crippen LogP contribution in [0.15, 0.2) is 52.0 Å². The van der Waals surface area contributed by atoms with E-state index in [1.54, 1.807) is 19.3 Å². The zero-order valence-electron chi connectivity index (χ0n) is 14.8. The van der Waals surface area contributed by atoms with Gasteiger partial charge in [-0.15, -0.1) is 11.8 Å². The predicted molar refractivity (Wildman–Crippen MR) is 100 cm³/mol. The number of carbonyl (C=O) groups is 3. The number of esters is 1. The smallest absolute Gasteiger partial charge is 0.325 e. The molecule has 3 rings (SSSR count). The highest BCUT2D eigenvalue weighted by molar-refractivity contribution is 7.99. The van der Waals surface area contributed by atoms with Crippen LogP contribution in [-0.4, -0.2) is 37.5 Å². The number of thioether (sulfide) groups is 1. The van der Waals surface area contributed by atoms with Gasteiger partial charge in [-0.3, -0.25) is 14.4 Å². The Kier molecular flexibility index (Phi) is 6.18. The number of fused-ring (bicyclic) bond motifs is 1. The van der Waals surface area contributed by atoms with E-state index in [-0.39, 0.29) is 37.3 Å². The van der Waals surface area contributed by atoms with Crippen molar-refractivity contribution in [3.05, 3.63) is 48.4 Å². The lowest BCUT2D eigenvalue weighted by atomic mass is 10.2. The number of hydrogen-bond donors (Lipinski definition) is 1. The van der Waals surface area contributed by atoms with Gasteiger partial charge in [-0.05, 0) is 31.2 Å². The molecule has 8 heteroatoms. The van der Waals surface area contributed by atoms with Gasteiger partial charge in [0.1, 0.15) is 18.8 Å². The van der Waals surface area contributed by atoms with E-state index >= 15 is 0 Å². The van der Waals surface area contributed by atoms with Crippen molar-refractivity contribution in [3.8, 4) is 0 Å². The molecule has 142 valence electrons. The second kappa shape index (κ2) is 8.77. The Hall–Kier alpha value is -2.74. The summed E-state index contributed by atoms with van der Waals surface area (Å²) < 4.78 is 10.3. The van der Waals surface area contributed by atoms with Crippen LogP contribution in [0.5, 0.6) is 0 Å². The molecule has 1 aromatic heterocycles. The third-order valence-corrected chi connectivity index (χ3v) is 5.27. The highest BCUT2D eigenvalue weighted by atomic mass is 32.2. The quantitative estimate of drug-likeness (QED) is 0.765. The maximum Gasteiger partial charge on any atom is 0.325 e. The number of amides is 2. The first kappa shape index (κ1) is 19.0. The molecule has 27 heavy (non-hydrogen) atoms. The van der Waals surface area contributed by atoms with E-state index in [2.05, 4.69) is 5.32 Å². The third-order valence-electron chi connectivity index (χ3n) is 3.98. The van der Waals surface area contributed by atoms with Crippen molar-refractivity contribution in [1.82, 2.24) is 5.32 Å². The van der Waals surface area contributed by atoms with Crippen LogP contribution in [0.1, 0.15) is 24.4 Å². The monoisotopic (exact) mass is 388 g/mol. The van der Waals surface area contributed by atoms with Gasteiger partial charge in [0.15, 0.2) is 0 Å². The topological polar surface area (TPSA) is 88.9 Å². The van der Waals surface area contributed by atoms with Crippen molar-refractivity contribution in [3.63, 3.8) is 0 Å². The van der Waals surface area contributed by atoms with Crippen LogP contribution in [-0.2, 0) is 19.1 Å². The molecule has 0 bridgehead atoms. The lowest BCUT2D eigenvalue weighted by Gasteiger charge is -2.22. The number of ether oxygens (including phenoxy) is 1. The zero-order valence-corrected chi connectivity index (χ0v) is 15.7. The normalized spacial score (nSPS) is 16.4. The summed E-state index contributed by atoms with van der Waals surface area (Å²) >= 11 is 1.53. The van der Waals surface area contributed by atoms with E-state index in [1.807, 2.05) is 30.3 Å². The van der Waals surface area contributed by atoms with Crippen molar-refractivity contribution < 1.29 is 23.5 Å². The lowest BCUT2D eigenvalue weighted by Crippen LogP contribution is -2.42. The number of anilines is 1. The van der Waals surface area contributed by atoms with Crippen molar-refractivity contribution >= 4 is 35.2 Å². The molecule has 2 amide bonds. The Labute approximate surface area is 161 Å². The molecule has 0 fully saturated rings. The first-order valence-corrected chi connectivity index (χ1v) is 9.48. The highest BCUT2D eigenvalue weighted by Gasteiger charge is 2.31. The highest BCUT2D eigenvalue weighted by Crippen LogP contribution is 2.45. The van der Waals surface area contributed by atoms with Crippen LogP contribution in [0.3, 0.4) is 0 Å². The fourth-order valence-corrected chi connectivity index (χ4v) is 4.01. The van der Waals surface area contributed by atoms with Crippen LogP contribution in [0.4, 0.5) is 5.69 Å². The molecule has 0 unspecified atom stereocenters. The van der Waals surface area contributed by atoms with Crippen LogP contribution >= 0.6 is 11.8 Å². The molecule has 1 atom stereocenters. The maximum atomic E-state index is 12.9. The number of furan rings is 1. The fourth-order valence-electron chi connectivity index (χ4n) is 2.77. The zero-order chi connectivity index (χ0) is 19.2. The van der Waals surface area contributed by atoms with Crippen molar-refractivity contribution in [2.45, 2.75) is 23.5 Å². The van der Waals surface area contributed by atoms with E-state index < -0.39 is 11.9 Å². The van der Waals surface area contributed by atoms with Gasteiger partial charge in [0.05, 0.1) is 23.8 Å². The van der Waals surface area contributed by atoms with Crippen molar-refractivity contribution in [2.75, 3.05) is 24.6 Å². The largest absolute Gasteiger partial charge is 0.468 e. The molecule has 2 heterocycles. The van der Waals surface area contributed by atoms with Gasteiger partial charge in [-0.1, -0.05) is 12.1 Å². The molecule has 0 aliphatic carbocycles. The summed E-state index contributed by atoms with van der Waals surface area (Å²) in [5, 5.41) is 2.33. The van der Waals surface area contributed by atoms with Crippen molar-refractivity contribution in [2.24, 2.45) is 0 Å². The van der Waals surface area contributed by atoms with Gasteiger partial charge in [0, 0.05) is 11.3 Å². The molecule has 0 spiro atoms. The van der Waals surface area contributed by atoms with Gasteiger partial charge in [0.25, 0.3) is 0 Å². The molecule has 1 N–H and O–H groups in total. The molecule has 1 aliphatic heterocycles. The maximum absolute atomic E-state index is 12.9. The summed E-state index contributed by atoms with van der Waals surface area (Å²) in [7, 11) is 0. The average molecular weight is 388 g/mol. The second-order valence-corrected chi connectivity index (χ2v) is 7.10. The summed E-state index contributed by atoms with van der Waals surface area (Å²) in [6.07, 6.45) is 1.79. The number of hydrogen-bond acceptors (Lipinski definition) is 6. The fraction of sp³-hybridized carbons (Fsp3) is 0.316. The summed E-state index contributed by atoms with van der Waals surface area (Å²) in [4.78, 5) is 38.9. The molecule has 7 nitrogen and oxygen atoms in total. The number of nitrogens with one attached hydrogen (secondary N) is 1. The number of benzene rings is 1. The van der Waals surface area contributed by atoms with Crippen LogP contribution in [0.2, 0.25) is 0 Å². The number of nitrogens with zero attached hydrogens (tertiary/aromatic N) is 1. The predicted octanol–water partition coefficient (Wildman–Crippen LogP) is 2.53. The second-order valence-electron chi connectivity index (χ2n) is 5.86. The molecule has 0 saturated carbocycles. The van der Waals surface area contributed by atoms with Crippen LogP contribution < -0.4 is 10.2 Å². The standard InChI is InChI=1S/C19H20N2O5S/c1-2-25-19(24)11-20-17(22)12-21-13-6-3-4-8-15(13)27-16(10-18(21)23)14-7-5-9-26-14/h3-9,16H,2,10-12H2,1H3,(H,20,22)/t16-/m0/s1. The molecule has 1 aromatic carbocycles. The Balaban J connectivity index is 1.76. The summed E-state index contributed by atoms with van der Waals surface area (Å²) in [5.74, 6) is -0.397. The van der Waals surface area contributed by atoms with E-state index in [0.717, 1.165) is 10.7 Å². The Morgan fingerprint density at radius 2 is 2.11 bits per heavy atom. The van der Waals surface area contributed by atoms with Crippen molar-refractivity contribution in [1.29, 1.82) is 0 Å². The van der Waals surface area contributed by atoms with Crippen LogP contribution in [0.25, 0.3) is 0 Å². The van der Waals surface area contributed by atoms with Gasteiger partial charge in [-0.2, -0.15) is 0 Å². The van der Waals surface area contributed by atoms with Gasteiger partial charge in [0.2, 0.25) is 11.8 Å². The number of para-hydroxylation sites is 1. The lowest BCUT2D eigenvalue weighted by molar-refractivity contribution is -0.143. The summed E-state index contributed by atoms with van der Waals surface area (Å²) in [5.41, 5.74) is 0.674. The summed E-state index contributed by atoms with van der Waals surface area (Å²) in [6.45, 7) is 1.55. The van der Waals surface area contributed by atoms with Gasteiger partial charge < -0.3 is 19.4 Å². The van der Waals surface area contributed by atoms with E-state index in [0.29, 0.717) is 5.69 Å². The molecular weight excluding hydrogens is 368 g/mol. The molecule has 0 saturated heterocycles. The van der Waals surface area contributed by atoms with E-state index in [1.165, 1.54) is 16.7 Å². The first-order valence-electron chi connectivity index (χ1n) is 8.60. The third kappa shape index (κ3) is 4.71. The minimum atomic E-state index is -0.512. The molecule has 1 aliphatic rings. The Morgan fingerprint density at radius 1 is 1.30 bits per heavy atom. The summed E-state index contributed by atoms with van der Waals surface area (Å²) in [6, 6.07) is 11.1. The Morgan fingerprint density at radius 3 is 2.85 bits per heavy atom. The van der Waals surface area contributed by atoms with E-state index in [9.17, 15) is 14.4 Å². The number of rotatable bonds is 6. The number of carbonyl (C=O) groups excluding carboxylic acids is 3. The molecule has 2 aromatic rings.